The molecule has 3 atom stereocenters. The first kappa shape index (κ1) is 27.2. The van der Waals surface area contributed by atoms with Crippen molar-refractivity contribution in [3.05, 3.63) is 65.9 Å². The number of carbonyl (C=O) groups is 3. The fourth-order valence-electron chi connectivity index (χ4n) is 5.07. The second-order valence-electron chi connectivity index (χ2n) is 11.2. The van der Waals surface area contributed by atoms with Gasteiger partial charge in [0, 0.05) is 49.2 Å². The number of aryl methyl sites for hydroxylation is 1. The van der Waals surface area contributed by atoms with E-state index in [-0.39, 0.29) is 48.2 Å². The molecule has 2 N–H and O–H groups in total. The van der Waals surface area contributed by atoms with Crippen molar-refractivity contribution in [1.29, 1.82) is 0 Å². The number of aromatic nitrogens is 6. The van der Waals surface area contributed by atoms with E-state index in [1.165, 1.54) is 18.3 Å². The molecule has 0 bridgehead atoms. The van der Waals surface area contributed by atoms with Crippen LogP contribution in [0, 0.1) is 12.8 Å². The fourth-order valence-corrected chi connectivity index (χ4v) is 5.07. The van der Waals surface area contributed by atoms with Crippen molar-refractivity contribution in [1.82, 2.24) is 34.2 Å². The van der Waals surface area contributed by atoms with Crippen molar-refractivity contribution in [2.24, 2.45) is 5.92 Å². The minimum Gasteiger partial charge on any atom is -0.362 e. The maximum absolute atomic E-state index is 12.9. The molecule has 4 aromatic heterocycles. The second kappa shape index (κ2) is 10.5. The van der Waals surface area contributed by atoms with Gasteiger partial charge in [0.2, 0.25) is 11.8 Å². The molecule has 216 valence electrons. The van der Waals surface area contributed by atoms with Crippen LogP contribution in [0.3, 0.4) is 0 Å². The number of hydrogen-bond donors (Lipinski definition) is 2. The quantitative estimate of drug-likeness (QED) is 0.304. The van der Waals surface area contributed by atoms with Gasteiger partial charge in [0.1, 0.15) is 30.3 Å². The Labute approximate surface area is 242 Å². The molecule has 2 unspecified atom stereocenters. The van der Waals surface area contributed by atoms with Gasteiger partial charge in [0.25, 0.3) is 0 Å². The van der Waals surface area contributed by atoms with Gasteiger partial charge in [-0.2, -0.15) is 0 Å². The molecule has 6 rings (SSSR count). The van der Waals surface area contributed by atoms with Crippen LogP contribution in [-0.2, 0) is 9.59 Å². The van der Waals surface area contributed by atoms with Crippen LogP contribution in [0.2, 0.25) is 0 Å². The highest BCUT2D eigenvalue weighted by molar-refractivity contribution is 6.13. The van der Waals surface area contributed by atoms with E-state index in [0.717, 1.165) is 16.2 Å². The summed E-state index contributed by atoms with van der Waals surface area (Å²) in [5.41, 5.74) is 3.77. The lowest BCUT2D eigenvalue weighted by Crippen LogP contribution is -2.30. The van der Waals surface area contributed by atoms with Crippen molar-refractivity contribution >= 4 is 40.8 Å². The van der Waals surface area contributed by atoms with Crippen LogP contribution in [-0.4, -0.2) is 65.7 Å². The molecule has 1 aliphatic carbocycles. The van der Waals surface area contributed by atoms with E-state index >= 15 is 0 Å². The Morgan fingerprint density at radius 1 is 1.05 bits per heavy atom. The molecule has 4 aromatic rings. The van der Waals surface area contributed by atoms with Crippen molar-refractivity contribution in [2.45, 2.75) is 52.0 Å². The number of hydrogen-bond acceptors (Lipinski definition) is 9. The number of urea groups is 1. The maximum atomic E-state index is 12.9. The third kappa shape index (κ3) is 5.13. The first-order valence-corrected chi connectivity index (χ1v) is 13.9. The molecule has 4 amide bonds. The van der Waals surface area contributed by atoms with E-state index in [4.69, 9.17) is 4.98 Å². The van der Waals surface area contributed by atoms with Gasteiger partial charge >= 0.3 is 6.03 Å². The highest BCUT2D eigenvalue weighted by atomic mass is 16.2. The molecular formula is C29H32N10O3. The van der Waals surface area contributed by atoms with E-state index in [9.17, 15) is 14.4 Å². The van der Waals surface area contributed by atoms with E-state index in [0.29, 0.717) is 40.9 Å². The Morgan fingerprint density at radius 2 is 1.83 bits per heavy atom. The van der Waals surface area contributed by atoms with Crippen LogP contribution in [0.15, 0.2) is 43.1 Å². The molecule has 1 saturated heterocycles. The highest BCUT2D eigenvalue weighted by Crippen LogP contribution is 2.46. The SMILES string of the molecule is Cc1ccnc(C2CC2C(=O)Nc2cc(N[C@H](C)c3cn4cc(C(C)C)cc(N5CC(=O)N(C)C5=O)c4n3)ncn2)n1. The number of imide groups is 1. The normalized spacial score (nSPS) is 19.1. The molecular weight excluding hydrogens is 536 g/mol. The first-order valence-electron chi connectivity index (χ1n) is 13.9. The number of fused-ring (bicyclic) bond motifs is 1. The molecule has 13 heteroatoms. The smallest absolute Gasteiger partial charge is 0.331 e. The lowest BCUT2D eigenvalue weighted by molar-refractivity contribution is -0.124. The topological polar surface area (TPSA) is 151 Å². The van der Waals surface area contributed by atoms with Gasteiger partial charge in [-0.1, -0.05) is 13.8 Å². The Hall–Kier alpha value is -4.94. The largest absolute Gasteiger partial charge is 0.362 e. The Morgan fingerprint density at radius 3 is 2.55 bits per heavy atom. The standard InChI is InChI=1S/C29H32N10O3/c1-15(2)18-8-22(39-13-25(40)37(5)29(39)42)27-35-21(12-38(27)11-18)17(4)34-23-10-24(32-14-31-23)36-28(41)20-9-19(20)26-30-7-6-16(3)33-26/h6-8,10-12,14-15,17,19-20H,9,13H2,1-5H3,(H2,31,32,34,36,41)/t17-,19?,20?/m1/s1. The summed E-state index contributed by atoms with van der Waals surface area (Å²) in [6.07, 6.45) is 7.70. The minimum absolute atomic E-state index is 0.00915. The molecule has 1 saturated carbocycles. The van der Waals surface area contributed by atoms with Crippen molar-refractivity contribution in [3.8, 4) is 0 Å². The van der Waals surface area contributed by atoms with Gasteiger partial charge in [-0.15, -0.1) is 0 Å². The number of anilines is 3. The zero-order chi connectivity index (χ0) is 29.7. The van der Waals surface area contributed by atoms with Crippen LogP contribution in [0.5, 0.6) is 0 Å². The highest BCUT2D eigenvalue weighted by Gasteiger charge is 2.46. The van der Waals surface area contributed by atoms with E-state index in [2.05, 4.69) is 44.4 Å². The lowest BCUT2D eigenvalue weighted by atomic mass is 10.1. The summed E-state index contributed by atoms with van der Waals surface area (Å²) in [5, 5.41) is 6.21. The predicted molar refractivity (Wildman–Crippen MR) is 155 cm³/mol. The van der Waals surface area contributed by atoms with Gasteiger partial charge in [-0.25, -0.2) is 29.7 Å². The fraction of sp³-hybridized carbons (Fsp3) is 0.379. The van der Waals surface area contributed by atoms with E-state index in [1.807, 2.05) is 42.8 Å². The minimum atomic E-state index is -0.377. The van der Waals surface area contributed by atoms with Gasteiger partial charge in [-0.3, -0.25) is 19.4 Å². The zero-order valence-corrected chi connectivity index (χ0v) is 24.1. The predicted octanol–water partition coefficient (Wildman–Crippen LogP) is 3.66. The number of likely N-dealkylation sites (N-methyl/N-ethyl adjacent to an activating group) is 1. The van der Waals surface area contributed by atoms with Crippen LogP contribution in [0.1, 0.15) is 67.8 Å². The van der Waals surface area contributed by atoms with Gasteiger partial charge < -0.3 is 15.0 Å². The summed E-state index contributed by atoms with van der Waals surface area (Å²) >= 11 is 0. The number of rotatable bonds is 8. The number of carbonyl (C=O) groups excluding carboxylic acids is 3. The molecule has 0 radical (unpaired) electrons. The van der Waals surface area contributed by atoms with Crippen LogP contribution >= 0.6 is 0 Å². The van der Waals surface area contributed by atoms with Crippen molar-refractivity contribution in [3.63, 3.8) is 0 Å². The Kier molecular flexibility index (Phi) is 6.79. The number of nitrogens with zero attached hydrogens (tertiary/aromatic N) is 8. The van der Waals surface area contributed by atoms with Crippen LogP contribution in [0.4, 0.5) is 22.1 Å². The first-order chi connectivity index (χ1) is 20.1. The maximum Gasteiger partial charge on any atom is 0.331 e. The average molecular weight is 569 g/mol. The number of nitrogens with one attached hydrogen (secondary N) is 2. The summed E-state index contributed by atoms with van der Waals surface area (Å²) in [6, 6.07) is 4.79. The molecule has 2 fully saturated rings. The molecule has 0 spiro atoms. The zero-order valence-electron chi connectivity index (χ0n) is 24.1. The number of amides is 4. The summed E-state index contributed by atoms with van der Waals surface area (Å²) in [5.74, 6) is 1.22. The number of pyridine rings is 1. The van der Waals surface area contributed by atoms with E-state index in [1.54, 1.807) is 12.3 Å². The average Bonchev–Trinajstić information content (AvgIpc) is 3.58. The summed E-state index contributed by atoms with van der Waals surface area (Å²) in [6.45, 7) is 7.96. The molecule has 42 heavy (non-hydrogen) atoms. The molecule has 13 nitrogen and oxygen atoms in total. The second-order valence-corrected chi connectivity index (χ2v) is 11.2. The summed E-state index contributed by atoms with van der Waals surface area (Å²) in [4.78, 5) is 62.6. The van der Waals surface area contributed by atoms with Crippen LogP contribution in [0.25, 0.3) is 5.65 Å². The monoisotopic (exact) mass is 568 g/mol. The third-order valence-corrected chi connectivity index (χ3v) is 7.71. The van der Waals surface area contributed by atoms with Crippen molar-refractivity contribution < 1.29 is 14.4 Å². The Balaban J connectivity index is 1.19. The molecule has 0 aromatic carbocycles. The van der Waals surface area contributed by atoms with Crippen molar-refractivity contribution in [2.75, 3.05) is 29.1 Å². The van der Waals surface area contributed by atoms with Crippen LogP contribution < -0.4 is 15.5 Å². The summed E-state index contributed by atoms with van der Waals surface area (Å²) < 4.78 is 1.89. The van der Waals surface area contributed by atoms with Gasteiger partial charge in [0.05, 0.1) is 17.4 Å². The number of imidazole rings is 1. The molecule has 1 aliphatic heterocycles. The molecule has 5 heterocycles. The Bertz CT molecular complexity index is 1720. The lowest BCUT2D eigenvalue weighted by Gasteiger charge is -2.18. The van der Waals surface area contributed by atoms with Gasteiger partial charge in [0.15, 0.2) is 5.65 Å². The summed E-state index contributed by atoms with van der Waals surface area (Å²) in [7, 11) is 1.48. The van der Waals surface area contributed by atoms with E-state index < -0.39 is 0 Å². The van der Waals surface area contributed by atoms with Gasteiger partial charge in [-0.05, 0) is 43.9 Å². The molecule has 2 aliphatic rings. The third-order valence-electron chi connectivity index (χ3n) is 7.71.